The fraction of sp³-hybridized carbons (Fsp3) is 0.667. The summed E-state index contributed by atoms with van der Waals surface area (Å²) in [5, 5.41) is 3.51. The number of para-hydroxylation sites is 1. The highest BCUT2D eigenvalue weighted by atomic mass is 127. The van der Waals surface area contributed by atoms with Gasteiger partial charge in [0.2, 0.25) is 0 Å². The zero-order valence-electron chi connectivity index (χ0n) is 17.9. The van der Waals surface area contributed by atoms with E-state index in [2.05, 4.69) is 45.9 Å². The summed E-state index contributed by atoms with van der Waals surface area (Å²) in [6.07, 6.45) is 0. The number of piperazine rings is 1. The van der Waals surface area contributed by atoms with Crippen molar-refractivity contribution in [3.05, 3.63) is 30.3 Å². The molecule has 0 spiro atoms. The fourth-order valence-corrected chi connectivity index (χ4v) is 3.37. The maximum absolute atomic E-state index is 5.78. The lowest BCUT2D eigenvalue weighted by Crippen LogP contribution is -2.49. The Morgan fingerprint density at radius 2 is 1.82 bits per heavy atom. The summed E-state index contributed by atoms with van der Waals surface area (Å²) in [6.45, 7) is 14.0. The van der Waals surface area contributed by atoms with Crippen LogP contribution in [0, 0.1) is 5.92 Å². The van der Waals surface area contributed by atoms with Crippen LogP contribution in [0.2, 0.25) is 0 Å². The van der Waals surface area contributed by atoms with Gasteiger partial charge in [-0.15, -0.1) is 24.0 Å². The van der Waals surface area contributed by atoms with Gasteiger partial charge in [0, 0.05) is 53.4 Å². The molecule has 1 N–H and O–H groups in total. The van der Waals surface area contributed by atoms with Crippen molar-refractivity contribution in [3.8, 4) is 5.75 Å². The molecule has 2 rings (SSSR count). The van der Waals surface area contributed by atoms with Gasteiger partial charge in [0.05, 0.1) is 6.54 Å². The number of hydrogen-bond donors (Lipinski definition) is 1. The Morgan fingerprint density at radius 3 is 2.43 bits per heavy atom. The largest absolute Gasteiger partial charge is 0.492 e. The molecule has 1 saturated heterocycles. The summed E-state index contributed by atoms with van der Waals surface area (Å²) < 4.78 is 5.78. The highest BCUT2D eigenvalue weighted by Crippen LogP contribution is 2.08. The lowest BCUT2D eigenvalue weighted by atomic mass is 10.1. The summed E-state index contributed by atoms with van der Waals surface area (Å²) >= 11 is 0. The van der Waals surface area contributed by atoms with Crippen LogP contribution in [-0.2, 0) is 0 Å². The lowest BCUT2D eigenvalue weighted by Gasteiger charge is -2.35. The van der Waals surface area contributed by atoms with E-state index in [0.29, 0.717) is 12.5 Å². The first-order chi connectivity index (χ1) is 13.1. The predicted molar refractivity (Wildman–Crippen MR) is 129 cm³/mol. The van der Waals surface area contributed by atoms with Crippen LogP contribution >= 0.6 is 24.0 Å². The van der Waals surface area contributed by atoms with E-state index < -0.39 is 0 Å². The third-order valence-electron chi connectivity index (χ3n) is 5.10. The summed E-state index contributed by atoms with van der Waals surface area (Å²) in [7, 11) is 3.89. The molecule has 1 aliphatic heterocycles. The van der Waals surface area contributed by atoms with E-state index >= 15 is 0 Å². The zero-order valence-corrected chi connectivity index (χ0v) is 20.3. The molecule has 6 nitrogen and oxygen atoms in total. The van der Waals surface area contributed by atoms with Gasteiger partial charge in [-0.25, -0.2) is 0 Å². The minimum Gasteiger partial charge on any atom is -0.492 e. The van der Waals surface area contributed by atoms with Crippen LogP contribution in [-0.4, -0.2) is 93.7 Å². The Balaban J connectivity index is 0.00000392. The summed E-state index contributed by atoms with van der Waals surface area (Å²) in [6, 6.07) is 9.94. The van der Waals surface area contributed by atoms with E-state index in [0.717, 1.165) is 31.3 Å². The molecule has 1 aromatic carbocycles. The number of aliphatic imine (C=N–C) groups is 1. The van der Waals surface area contributed by atoms with Gasteiger partial charge in [0.15, 0.2) is 5.96 Å². The molecule has 1 atom stereocenters. The van der Waals surface area contributed by atoms with E-state index in [1.165, 1.54) is 32.7 Å². The van der Waals surface area contributed by atoms with Crippen molar-refractivity contribution < 1.29 is 4.74 Å². The molecule has 0 radical (unpaired) electrons. The topological polar surface area (TPSA) is 43.3 Å². The molecular formula is C21H38IN5O. The summed E-state index contributed by atoms with van der Waals surface area (Å²) in [5.41, 5.74) is 0. The second-order valence-electron chi connectivity index (χ2n) is 7.35. The average molecular weight is 503 g/mol. The van der Waals surface area contributed by atoms with Crippen molar-refractivity contribution in [1.82, 2.24) is 20.0 Å². The van der Waals surface area contributed by atoms with E-state index in [1.807, 2.05) is 37.4 Å². The molecule has 1 unspecified atom stereocenters. The van der Waals surface area contributed by atoms with Gasteiger partial charge < -0.3 is 24.8 Å². The minimum atomic E-state index is 0. The van der Waals surface area contributed by atoms with Crippen LogP contribution < -0.4 is 10.1 Å². The molecule has 1 heterocycles. The van der Waals surface area contributed by atoms with Gasteiger partial charge in [-0.1, -0.05) is 32.0 Å². The lowest BCUT2D eigenvalue weighted by molar-refractivity contribution is 0.124. The molecule has 28 heavy (non-hydrogen) atoms. The number of guanidine groups is 1. The van der Waals surface area contributed by atoms with Crippen LogP contribution in [0.15, 0.2) is 35.3 Å². The molecule has 0 bridgehead atoms. The van der Waals surface area contributed by atoms with Crippen molar-refractivity contribution in [1.29, 1.82) is 0 Å². The molecule has 7 heteroatoms. The van der Waals surface area contributed by atoms with Crippen molar-refractivity contribution in [2.75, 3.05) is 73.1 Å². The summed E-state index contributed by atoms with van der Waals surface area (Å²) in [4.78, 5) is 11.6. The standard InChI is InChI=1S/C21H37N5O.HI/c1-5-25-11-13-26(14-12-25)18-19(2)17-23-21(22-3)24(4)15-16-27-20-9-7-6-8-10-20;/h6-10,19H,5,11-18H2,1-4H3,(H,22,23);1H. The van der Waals surface area contributed by atoms with E-state index in [-0.39, 0.29) is 24.0 Å². The number of likely N-dealkylation sites (N-methyl/N-ethyl adjacent to an activating group) is 2. The predicted octanol–water partition coefficient (Wildman–Crippen LogP) is 2.46. The van der Waals surface area contributed by atoms with Crippen LogP contribution in [0.1, 0.15) is 13.8 Å². The van der Waals surface area contributed by atoms with Crippen LogP contribution in [0.3, 0.4) is 0 Å². The molecule has 1 aromatic rings. The first kappa shape index (κ1) is 25.0. The Labute approximate surface area is 188 Å². The molecule has 0 aliphatic carbocycles. The monoisotopic (exact) mass is 503 g/mol. The molecule has 0 amide bonds. The first-order valence-electron chi connectivity index (χ1n) is 10.2. The second-order valence-corrected chi connectivity index (χ2v) is 7.35. The van der Waals surface area contributed by atoms with E-state index in [1.54, 1.807) is 0 Å². The first-order valence-corrected chi connectivity index (χ1v) is 10.2. The number of ether oxygens (including phenoxy) is 1. The number of hydrogen-bond acceptors (Lipinski definition) is 4. The average Bonchev–Trinajstić information content (AvgIpc) is 2.70. The van der Waals surface area contributed by atoms with Crippen molar-refractivity contribution in [2.24, 2.45) is 10.9 Å². The molecule has 160 valence electrons. The van der Waals surface area contributed by atoms with Gasteiger partial charge >= 0.3 is 0 Å². The second kappa shape index (κ2) is 14.0. The van der Waals surface area contributed by atoms with Crippen LogP contribution in [0.25, 0.3) is 0 Å². The smallest absolute Gasteiger partial charge is 0.193 e. The van der Waals surface area contributed by atoms with E-state index in [9.17, 15) is 0 Å². The normalized spacial score (nSPS) is 16.9. The number of halogens is 1. The number of benzene rings is 1. The third kappa shape index (κ3) is 8.96. The number of rotatable bonds is 9. The molecule has 0 saturated carbocycles. The molecule has 1 fully saturated rings. The van der Waals surface area contributed by atoms with E-state index in [4.69, 9.17) is 4.74 Å². The Bertz CT molecular complexity index is 549. The number of nitrogens with one attached hydrogen (secondary N) is 1. The van der Waals surface area contributed by atoms with Gasteiger partial charge in [0.1, 0.15) is 12.4 Å². The Morgan fingerprint density at radius 1 is 1.18 bits per heavy atom. The maximum Gasteiger partial charge on any atom is 0.193 e. The van der Waals surface area contributed by atoms with Crippen molar-refractivity contribution in [2.45, 2.75) is 13.8 Å². The summed E-state index contributed by atoms with van der Waals surface area (Å²) in [5.74, 6) is 2.42. The van der Waals surface area contributed by atoms with Crippen molar-refractivity contribution in [3.63, 3.8) is 0 Å². The van der Waals surface area contributed by atoms with Gasteiger partial charge in [-0.3, -0.25) is 4.99 Å². The van der Waals surface area contributed by atoms with Crippen molar-refractivity contribution >= 4 is 29.9 Å². The highest BCUT2D eigenvalue weighted by Gasteiger charge is 2.17. The fourth-order valence-electron chi connectivity index (χ4n) is 3.37. The minimum absolute atomic E-state index is 0. The van der Waals surface area contributed by atoms with Gasteiger partial charge in [-0.2, -0.15) is 0 Å². The zero-order chi connectivity index (χ0) is 19.5. The molecule has 0 aromatic heterocycles. The quantitative estimate of drug-likeness (QED) is 0.319. The van der Waals surface area contributed by atoms with Crippen LogP contribution in [0.5, 0.6) is 5.75 Å². The Kier molecular flexibility index (Phi) is 12.5. The Hall–Kier alpha value is -1.06. The maximum atomic E-state index is 5.78. The molecular weight excluding hydrogens is 465 g/mol. The van der Waals surface area contributed by atoms with Crippen LogP contribution in [0.4, 0.5) is 0 Å². The highest BCUT2D eigenvalue weighted by molar-refractivity contribution is 14.0. The SMILES string of the molecule is CCN1CCN(CC(C)CNC(=NC)N(C)CCOc2ccccc2)CC1.I. The third-order valence-corrected chi connectivity index (χ3v) is 5.10. The van der Waals surface area contributed by atoms with Gasteiger partial charge in [0.25, 0.3) is 0 Å². The molecule has 1 aliphatic rings. The van der Waals surface area contributed by atoms with Gasteiger partial charge in [-0.05, 0) is 24.6 Å². The number of nitrogens with zero attached hydrogens (tertiary/aromatic N) is 4.